The normalized spacial score (nSPS) is 13.2. The molecule has 0 fully saturated rings. The van der Waals surface area contributed by atoms with Crippen molar-refractivity contribution < 1.29 is 19.8 Å². The minimum atomic E-state index is -0.936. The van der Waals surface area contributed by atoms with Crippen LogP contribution in [0.25, 0.3) is 32.7 Å². The first-order chi connectivity index (χ1) is 19.9. The summed E-state index contributed by atoms with van der Waals surface area (Å²) in [5.41, 5.74) is 7.44. The predicted molar refractivity (Wildman–Crippen MR) is 162 cm³/mol. The molecule has 1 aliphatic carbocycles. The van der Waals surface area contributed by atoms with Crippen LogP contribution in [0, 0.1) is 0 Å². The van der Waals surface area contributed by atoms with Gasteiger partial charge in [-0.2, -0.15) is 0 Å². The zero-order chi connectivity index (χ0) is 28.1. The van der Waals surface area contributed by atoms with Crippen LogP contribution in [0.4, 0.5) is 0 Å². The summed E-state index contributed by atoms with van der Waals surface area (Å²) in [4.78, 5) is 23.3. The van der Waals surface area contributed by atoms with Crippen molar-refractivity contribution in [2.75, 3.05) is 0 Å². The van der Waals surface area contributed by atoms with Crippen molar-refractivity contribution in [1.82, 2.24) is 0 Å². The standard InChI is InChI=1S/C37H26O4/c38-35(39)25-15-17-29-23(19-25)7-5-9-27(29)21-37(33-13-3-1-11-31(33)32-12-2-4-14-34(32)37)22-28-10-6-8-24-20-26(36(40)41)16-18-30(24)28/h1-20H,21-22H2,(H,38,39)(H,40,41). The van der Waals surface area contributed by atoms with Gasteiger partial charge in [0.25, 0.3) is 0 Å². The van der Waals surface area contributed by atoms with Gasteiger partial charge in [0.05, 0.1) is 11.1 Å². The topological polar surface area (TPSA) is 74.6 Å². The highest BCUT2D eigenvalue weighted by molar-refractivity contribution is 5.97. The molecule has 0 unspecified atom stereocenters. The zero-order valence-corrected chi connectivity index (χ0v) is 22.2. The maximum absolute atomic E-state index is 11.7. The Labute approximate surface area is 237 Å². The summed E-state index contributed by atoms with van der Waals surface area (Å²) in [5, 5.41) is 23.0. The third kappa shape index (κ3) is 3.99. The van der Waals surface area contributed by atoms with Gasteiger partial charge >= 0.3 is 11.9 Å². The number of carboxylic acid groups (broad SMARTS) is 2. The van der Waals surface area contributed by atoms with Gasteiger partial charge in [0.15, 0.2) is 0 Å². The Kier molecular flexibility index (Phi) is 5.72. The summed E-state index contributed by atoms with van der Waals surface area (Å²) < 4.78 is 0. The summed E-state index contributed by atoms with van der Waals surface area (Å²) in [5.74, 6) is -1.87. The Morgan fingerprint density at radius 3 is 1.39 bits per heavy atom. The fourth-order valence-corrected chi connectivity index (χ4v) is 6.79. The minimum Gasteiger partial charge on any atom is -0.478 e. The maximum Gasteiger partial charge on any atom is 0.335 e. The average molecular weight is 535 g/mol. The first-order valence-electron chi connectivity index (χ1n) is 13.6. The van der Waals surface area contributed by atoms with Gasteiger partial charge in [-0.1, -0.05) is 97.1 Å². The lowest BCUT2D eigenvalue weighted by molar-refractivity contribution is 0.0686. The van der Waals surface area contributed by atoms with Crippen molar-refractivity contribution in [2.45, 2.75) is 18.3 Å². The van der Waals surface area contributed by atoms with E-state index in [1.807, 2.05) is 36.4 Å². The van der Waals surface area contributed by atoms with Crippen molar-refractivity contribution in [3.05, 3.63) is 155 Å². The van der Waals surface area contributed by atoms with Gasteiger partial charge in [0, 0.05) is 5.41 Å². The molecule has 198 valence electrons. The second-order valence-corrected chi connectivity index (χ2v) is 10.8. The van der Waals surface area contributed by atoms with Gasteiger partial charge in [-0.3, -0.25) is 0 Å². The lowest BCUT2D eigenvalue weighted by atomic mass is 9.68. The minimum absolute atomic E-state index is 0.275. The molecule has 0 aliphatic heterocycles. The molecule has 0 aromatic heterocycles. The van der Waals surface area contributed by atoms with Crippen molar-refractivity contribution in [3.8, 4) is 11.1 Å². The lowest BCUT2D eigenvalue weighted by Gasteiger charge is -2.34. The molecular formula is C37H26O4. The highest BCUT2D eigenvalue weighted by atomic mass is 16.4. The third-order valence-corrected chi connectivity index (χ3v) is 8.60. The van der Waals surface area contributed by atoms with Gasteiger partial charge in [0.2, 0.25) is 0 Å². The van der Waals surface area contributed by atoms with Crippen molar-refractivity contribution >= 4 is 33.5 Å². The van der Waals surface area contributed by atoms with Crippen molar-refractivity contribution in [3.63, 3.8) is 0 Å². The summed E-state index contributed by atoms with van der Waals surface area (Å²) in [6, 6.07) is 40.2. The number of rotatable bonds is 6. The van der Waals surface area contributed by atoms with Crippen LogP contribution in [0.1, 0.15) is 43.0 Å². The van der Waals surface area contributed by atoms with E-state index in [9.17, 15) is 19.8 Å². The zero-order valence-electron chi connectivity index (χ0n) is 22.2. The van der Waals surface area contributed by atoms with Crippen molar-refractivity contribution in [2.24, 2.45) is 0 Å². The van der Waals surface area contributed by atoms with Crippen LogP contribution in [0.15, 0.2) is 121 Å². The largest absolute Gasteiger partial charge is 0.478 e. The van der Waals surface area contributed by atoms with E-state index in [-0.39, 0.29) is 11.1 Å². The lowest BCUT2D eigenvalue weighted by Crippen LogP contribution is -2.31. The van der Waals surface area contributed by atoms with E-state index in [0.29, 0.717) is 12.8 Å². The van der Waals surface area contributed by atoms with E-state index in [1.54, 1.807) is 24.3 Å². The summed E-state index contributed by atoms with van der Waals surface area (Å²) in [6.45, 7) is 0. The molecule has 6 aromatic carbocycles. The van der Waals surface area contributed by atoms with Gasteiger partial charge in [-0.25, -0.2) is 9.59 Å². The highest BCUT2D eigenvalue weighted by Gasteiger charge is 2.43. The third-order valence-electron chi connectivity index (χ3n) is 8.60. The molecule has 0 radical (unpaired) electrons. The molecule has 4 nitrogen and oxygen atoms in total. The second kappa shape index (κ2) is 9.46. The molecule has 0 amide bonds. The number of hydrogen-bond donors (Lipinski definition) is 2. The number of benzene rings is 6. The van der Waals surface area contributed by atoms with E-state index in [0.717, 1.165) is 32.7 Å². The van der Waals surface area contributed by atoms with Gasteiger partial charge < -0.3 is 10.2 Å². The molecule has 6 aromatic rings. The predicted octanol–water partition coefficient (Wildman–Crippen LogP) is 8.14. The Morgan fingerprint density at radius 1 is 0.512 bits per heavy atom. The number of carboxylic acids is 2. The maximum atomic E-state index is 11.7. The summed E-state index contributed by atoms with van der Waals surface area (Å²) in [7, 11) is 0. The number of fused-ring (bicyclic) bond motifs is 5. The SMILES string of the molecule is O=C(O)c1ccc2c(CC3(Cc4cccc5cc(C(=O)O)ccc45)c4ccccc4-c4ccccc43)cccc2c1. The van der Waals surface area contributed by atoms with Gasteiger partial charge in [-0.15, -0.1) is 0 Å². The molecule has 4 heteroatoms. The van der Waals surface area contributed by atoms with Crippen molar-refractivity contribution in [1.29, 1.82) is 0 Å². The van der Waals surface area contributed by atoms with Crippen LogP contribution in [-0.2, 0) is 18.3 Å². The Hall–Kier alpha value is -5.22. The van der Waals surface area contributed by atoms with Crippen LogP contribution >= 0.6 is 0 Å². The Bertz CT molecular complexity index is 1870. The van der Waals surface area contributed by atoms with Gasteiger partial charge in [0.1, 0.15) is 0 Å². The molecule has 0 spiro atoms. The van der Waals surface area contributed by atoms with Crippen LogP contribution in [0.5, 0.6) is 0 Å². The molecule has 1 aliphatic rings. The number of carbonyl (C=O) groups is 2. The Morgan fingerprint density at radius 2 is 0.951 bits per heavy atom. The van der Waals surface area contributed by atoms with E-state index in [2.05, 4.69) is 60.7 Å². The fourth-order valence-electron chi connectivity index (χ4n) is 6.79. The molecule has 0 saturated heterocycles. The Balaban J connectivity index is 1.46. The molecule has 0 saturated carbocycles. The van der Waals surface area contributed by atoms with E-state index < -0.39 is 17.4 Å². The smallest absolute Gasteiger partial charge is 0.335 e. The van der Waals surface area contributed by atoms with Crippen LogP contribution in [0.2, 0.25) is 0 Å². The first-order valence-corrected chi connectivity index (χ1v) is 13.6. The second-order valence-electron chi connectivity index (χ2n) is 10.8. The summed E-state index contributed by atoms with van der Waals surface area (Å²) >= 11 is 0. The molecule has 0 bridgehead atoms. The molecule has 41 heavy (non-hydrogen) atoms. The molecule has 0 atom stereocenters. The van der Waals surface area contributed by atoms with Crippen LogP contribution in [-0.4, -0.2) is 22.2 Å². The van der Waals surface area contributed by atoms with E-state index in [4.69, 9.17) is 0 Å². The monoisotopic (exact) mass is 534 g/mol. The first kappa shape index (κ1) is 24.8. The summed E-state index contributed by atoms with van der Waals surface area (Å²) in [6.07, 6.45) is 1.43. The quantitative estimate of drug-likeness (QED) is 0.226. The number of hydrogen-bond acceptors (Lipinski definition) is 2. The average Bonchev–Trinajstić information content (AvgIpc) is 3.26. The molecule has 7 rings (SSSR count). The van der Waals surface area contributed by atoms with E-state index >= 15 is 0 Å². The van der Waals surface area contributed by atoms with E-state index in [1.165, 1.54) is 22.3 Å². The van der Waals surface area contributed by atoms with Gasteiger partial charge in [-0.05, 0) is 92.0 Å². The molecular weight excluding hydrogens is 508 g/mol. The van der Waals surface area contributed by atoms with Crippen LogP contribution < -0.4 is 0 Å². The number of aromatic carboxylic acids is 2. The van der Waals surface area contributed by atoms with Crippen LogP contribution in [0.3, 0.4) is 0 Å². The molecule has 0 heterocycles. The molecule has 2 N–H and O–H groups in total. The fraction of sp³-hybridized carbons (Fsp3) is 0.0811. The highest BCUT2D eigenvalue weighted by Crippen LogP contribution is 2.53.